The van der Waals surface area contributed by atoms with Gasteiger partial charge in [-0.1, -0.05) is 54.1 Å². The first-order valence-corrected chi connectivity index (χ1v) is 9.35. The third-order valence-electron chi connectivity index (χ3n) is 5.61. The van der Waals surface area contributed by atoms with Crippen LogP contribution in [0.3, 0.4) is 0 Å². The van der Waals surface area contributed by atoms with Crippen molar-refractivity contribution in [3.63, 3.8) is 0 Å². The van der Waals surface area contributed by atoms with E-state index in [2.05, 4.69) is 28.4 Å². The molecule has 3 nitrogen and oxygen atoms in total. The number of carbonyl (C=O) groups excluding carboxylic acids is 1. The molecule has 1 spiro atoms. The largest absolute Gasteiger partial charge is 0.350 e. The molecule has 1 N–H and O–H groups in total. The van der Waals surface area contributed by atoms with Crippen molar-refractivity contribution in [2.45, 2.75) is 37.3 Å². The van der Waals surface area contributed by atoms with E-state index in [4.69, 9.17) is 11.6 Å². The van der Waals surface area contributed by atoms with Gasteiger partial charge in [0.15, 0.2) is 0 Å². The molecular weight excluding hydrogens is 332 g/mol. The lowest BCUT2D eigenvalue weighted by Gasteiger charge is -2.39. The second kappa shape index (κ2) is 6.81. The molecule has 2 aliphatic rings. The van der Waals surface area contributed by atoms with Gasteiger partial charge in [0.05, 0.1) is 5.92 Å². The van der Waals surface area contributed by atoms with Gasteiger partial charge in [0, 0.05) is 30.2 Å². The van der Waals surface area contributed by atoms with Crippen LogP contribution in [0.25, 0.3) is 0 Å². The Kier molecular flexibility index (Phi) is 4.53. The number of nitrogens with one attached hydrogen (secondary N) is 1. The number of piperidine rings is 1. The molecule has 0 radical (unpaired) electrons. The van der Waals surface area contributed by atoms with E-state index in [1.807, 2.05) is 36.4 Å². The van der Waals surface area contributed by atoms with Crippen LogP contribution in [0.2, 0.25) is 5.02 Å². The Morgan fingerprint density at radius 3 is 2.56 bits per heavy atom. The molecular formula is C21H23ClN2O. The van der Waals surface area contributed by atoms with E-state index in [0.29, 0.717) is 0 Å². The zero-order valence-corrected chi connectivity index (χ0v) is 15.0. The van der Waals surface area contributed by atoms with E-state index in [-0.39, 0.29) is 17.4 Å². The predicted molar refractivity (Wildman–Crippen MR) is 101 cm³/mol. The molecule has 25 heavy (non-hydrogen) atoms. The summed E-state index contributed by atoms with van der Waals surface area (Å²) in [6.07, 6.45) is 2.95. The zero-order valence-electron chi connectivity index (χ0n) is 14.2. The SMILES string of the molecule is O=C1NC2(CCN(Cc3cccc(Cl)c3)CC2)C[C@@H]1c1ccccc1. The number of benzene rings is 2. The summed E-state index contributed by atoms with van der Waals surface area (Å²) in [4.78, 5) is 15.0. The minimum atomic E-state index is -0.0254. The second-order valence-corrected chi connectivity index (χ2v) is 7.78. The average Bonchev–Trinajstić information content (AvgIpc) is 2.94. The molecule has 2 aliphatic heterocycles. The van der Waals surface area contributed by atoms with Crippen molar-refractivity contribution in [1.29, 1.82) is 0 Å². The Bertz CT molecular complexity index is 754. The van der Waals surface area contributed by atoms with Crippen molar-refractivity contribution in [3.8, 4) is 0 Å². The van der Waals surface area contributed by atoms with Crippen LogP contribution in [0.1, 0.15) is 36.3 Å². The zero-order chi connectivity index (χ0) is 17.3. The van der Waals surface area contributed by atoms with Crippen molar-refractivity contribution in [1.82, 2.24) is 10.2 Å². The number of hydrogen-bond donors (Lipinski definition) is 1. The van der Waals surface area contributed by atoms with Crippen LogP contribution < -0.4 is 5.32 Å². The maximum absolute atomic E-state index is 12.5. The molecule has 2 heterocycles. The molecule has 2 aromatic rings. The van der Waals surface area contributed by atoms with E-state index in [0.717, 1.165) is 49.5 Å². The van der Waals surface area contributed by atoms with Gasteiger partial charge in [-0.2, -0.15) is 0 Å². The van der Waals surface area contributed by atoms with E-state index in [1.54, 1.807) is 0 Å². The summed E-state index contributed by atoms with van der Waals surface area (Å²) in [6.45, 7) is 2.94. The van der Waals surface area contributed by atoms with E-state index >= 15 is 0 Å². The summed E-state index contributed by atoms with van der Waals surface area (Å²) in [5.41, 5.74) is 2.36. The standard InChI is InChI=1S/C21H23ClN2O/c22-18-8-4-5-16(13-18)15-24-11-9-21(10-12-24)14-19(20(25)23-21)17-6-2-1-3-7-17/h1-8,13,19H,9-12,14-15H2,(H,23,25)/t19-/m1/s1. The fraction of sp³-hybridized carbons (Fsp3) is 0.381. The highest BCUT2D eigenvalue weighted by molar-refractivity contribution is 6.30. The first kappa shape index (κ1) is 16.6. The number of nitrogens with zero attached hydrogens (tertiary/aromatic N) is 1. The Morgan fingerprint density at radius 1 is 1.08 bits per heavy atom. The van der Waals surface area contributed by atoms with Crippen molar-refractivity contribution in [2.75, 3.05) is 13.1 Å². The van der Waals surface area contributed by atoms with Crippen molar-refractivity contribution >= 4 is 17.5 Å². The lowest BCUT2D eigenvalue weighted by Crippen LogP contribution is -2.50. The molecule has 2 fully saturated rings. The summed E-state index contributed by atoms with van der Waals surface area (Å²) in [5, 5.41) is 4.12. The number of hydrogen-bond acceptors (Lipinski definition) is 2. The third kappa shape index (κ3) is 3.58. The van der Waals surface area contributed by atoms with Crippen LogP contribution in [0.4, 0.5) is 0 Å². The predicted octanol–water partition coefficient (Wildman–Crippen LogP) is 3.98. The minimum absolute atomic E-state index is 0.000630. The van der Waals surface area contributed by atoms with Gasteiger partial charge in [-0.25, -0.2) is 0 Å². The maximum Gasteiger partial charge on any atom is 0.228 e. The second-order valence-electron chi connectivity index (χ2n) is 7.34. The average molecular weight is 355 g/mol. The highest BCUT2D eigenvalue weighted by Crippen LogP contribution is 2.39. The molecule has 0 unspecified atom stereocenters. The highest BCUT2D eigenvalue weighted by Gasteiger charge is 2.45. The lowest BCUT2D eigenvalue weighted by molar-refractivity contribution is -0.121. The van der Waals surface area contributed by atoms with Crippen molar-refractivity contribution in [2.24, 2.45) is 0 Å². The van der Waals surface area contributed by atoms with Crippen LogP contribution in [0.5, 0.6) is 0 Å². The number of amides is 1. The first-order chi connectivity index (χ1) is 12.1. The highest BCUT2D eigenvalue weighted by atomic mass is 35.5. The number of rotatable bonds is 3. The molecule has 0 aromatic heterocycles. The number of likely N-dealkylation sites (tertiary alicyclic amines) is 1. The summed E-state index contributed by atoms with van der Waals surface area (Å²) in [6, 6.07) is 18.2. The van der Waals surface area contributed by atoms with Crippen LogP contribution in [-0.2, 0) is 11.3 Å². The van der Waals surface area contributed by atoms with Crippen LogP contribution in [0, 0.1) is 0 Å². The monoisotopic (exact) mass is 354 g/mol. The molecule has 4 heteroatoms. The number of halogens is 1. The Hall–Kier alpha value is -1.84. The quantitative estimate of drug-likeness (QED) is 0.904. The van der Waals surface area contributed by atoms with Gasteiger partial charge >= 0.3 is 0 Å². The van der Waals surface area contributed by atoms with Crippen molar-refractivity contribution in [3.05, 3.63) is 70.7 Å². The molecule has 2 saturated heterocycles. The Labute approximate surface area is 154 Å². The normalized spacial score (nSPS) is 22.9. The smallest absolute Gasteiger partial charge is 0.228 e. The number of carbonyl (C=O) groups is 1. The Balaban J connectivity index is 1.39. The molecule has 1 atom stereocenters. The van der Waals surface area contributed by atoms with Gasteiger partial charge in [-0.05, 0) is 42.5 Å². The van der Waals surface area contributed by atoms with Gasteiger partial charge in [0.25, 0.3) is 0 Å². The first-order valence-electron chi connectivity index (χ1n) is 8.97. The summed E-state index contributed by atoms with van der Waals surface area (Å²) >= 11 is 6.09. The molecule has 0 bridgehead atoms. The Morgan fingerprint density at radius 2 is 1.84 bits per heavy atom. The molecule has 2 aromatic carbocycles. The fourth-order valence-corrected chi connectivity index (χ4v) is 4.41. The molecule has 0 aliphatic carbocycles. The van der Waals surface area contributed by atoms with Crippen LogP contribution in [0.15, 0.2) is 54.6 Å². The molecule has 1 amide bonds. The van der Waals surface area contributed by atoms with Crippen LogP contribution in [-0.4, -0.2) is 29.4 Å². The molecule has 0 saturated carbocycles. The molecule has 4 rings (SSSR count). The topological polar surface area (TPSA) is 32.3 Å². The minimum Gasteiger partial charge on any atom is -0.350 e. The van der Waals surface area contributed by atoms with Crippen molar-refractivity contribution < 1.29 is 4.79 Å². The van der Waals surface area contributed by atoms with Gasteiger partial charge < -0.3 is 5.32 Å². The maximum atomic E-state index is 12.5. The van der Waals surface area contributed by atoms with Gasteiger partial charge in [-0.15, -0.1) is 0 Å². The summed E-state index contributed by atoms with van der Waals surface area (Å²) < 4.78 is 0. The van der Waals surface area contributed by atoms with E-state index in [1.165, 1.54) is 5.56 Å². The lowest BCUT2D eigenvalue weighted by atomic mass is 9.82. The van der Waals surface area contributed by atoms with Gasteiger partial charge in [0.1, 0.15) is 0 Å². The van der Waals surface area contributed by atoms with E-state index in [9.17, 15) is 4.79 Å². The fourth-order valence-electron chi connectivity index (χ4n) is 4.20. The summed E-state index contributed by atoms with van der Waals surface area (Å²) in [5.74, 6) is 0.190. The van der Waals surface area contributed by atoms with Gasteiger partial charge in [-0.3, -0.25) is 9.69 Å². The van der Waals surface area contributed by atoms with Gasteiger partial charge in [0.2, 0.25) is 5.91 Å². The summed E-state index contributed by atoms with van der Waals surface area (Å²) in [7, 11) is 0. The van der Waals surface area contributed by atoms with E-state index < -0.39 is 0 Å². The van der Waals surface area contributed by atoms with Crippen LogP contribution >= 0.6 is 11.6 Å². The molecule has 130 valence electrons. The third-order valence-corrected chi connectivity index (χ3v) is 5.85.